The van der Waals surface area contributed by atoms with Crippen LogP contribution >= 0.6 is 0 Å². The second-order valence-corrected chi connectivity index (χ2v) is 7.45. The number of hydrogen-bond donors (Lipinski definition) is 0. The predicted octanol–water partition coefficient (Wildman–Crippen LogP) is 2.41. The molecule has 0 atom stereocenters. The van der Waals surface area contributed by atoms with E-state index in [4.69, 9.17) is 0 Å². The van der Waals surface area contributed by atoms with Crippen LogP contribution in [0.15, 0.2) is 54.6 Å². The van der Waals surface area contributed by atoms with E-state index in [1.807, 2.05) is 23.1 Å². The van der Waals surface area contributed by atoms with Crippen LogP contribution < -0.4 is 4.90 Å². The minimum absolute atomic E-state index is 0.0441. The molecule has 29 heavy (non-hydrogen) atoms. The number of urea groups is 1. The molecule has 6 nitrogen and oxygen atoms in total. The van der Waals surface area contributed by atoms with Crippen LogP contribution in [0.1, 0.15) is 5.56 Å². The lowest BCUT2D eigenvalue weighted by molar-refractivity contribution is -0.133. The van der Waals surface area contributed by atoms with Gasteiger partial charge in [-0.3, -0.25) is 14.6 Å². The molecule has 0 spiro atoms. The van der Waals surface area contributed by atoms with E-state index in [9.17, 15) is 14.0 Å². The number of anilines is 1. The van der Waals surface area contributed by atoms with Crippen molar-refractivity contribution in [2.45, 2.75) is 6.54 Å². The molecule has 2 saturated heterocycles. The molecule has 0 N–H and O–H groups in total. The van der Waals surface area contributed by atoms with E-state index < -0.39 is 5.82 Å². The normalized spacial score (nSPS) is 17.8. The highest BCUT2D eigenvalue weighted by Gasteiger charge is 2.33. The maximum atomic E-state index is 14.0. The Labute approximate surface area is 170 Å². The molecule has 0 bridgehead atoms. The Morgan fingerprint density at radius 2 is 1.55 bits per heavy atom. The highest BCUT2D eigenvalue weighted by Crippen LogP contribution is 2.23. The van der Waals surface area contributed by atoms with Gasteiger partial charge in [-0.1, -0.05) is 42.5 Å². The number of hydrogen-bond acceptors (Lipinski definition) is 3. The zero-order valence-corrected chi connectivity index (χ0v) is 16.3. The third-order valence-electron chi connectivity index (χ3n) is 5.54. The maximum Gasteiger partial charge on any atom is 0.325 e. The third-order valence-corrected chi connectivity index (χ3v) is 5.54. The first-order valence-electron chi connectivity index (χ1n) is 9.97. The van der Waals surface area contributed by atoms with E-state index in [-0.39, 0.29) is 24.2 Å². The van der Waals surface area contributed by atoms with Gasteiger partial charge in [0.05, 0.1) is 5.69 Å². The summed E-state index contributed by atoms with van der Waals surface area (Å²) in [7, 11) is 0. The summed E-state index contributed by atoms with van der Waals surface area (Å²) in [5, 5.41) is 0. The van der Waals surface area contributed by atoms with Crippen molar-refractivity contribution in [1.82, 2.24) is 14.7 Å². The lowest BCUT2D eigenvalue weighted by atomic mass is 10.2. The van der Waals surface area contributed by atoms with Gasteiger partial charge in [0.1, 0.15) is 12.4 Å². The van der Waals surface area contributed by atoms with E-state index >= 15 is 0 Å². The monoisotopic (exact) mass is 396 g/mol. The van der Waals surface area contributed by atoms with Gasteiger partial charge in [-0.2, -0.15) is 0 Å². The van der Waals surface area contributed by atoms with Gasteiger partial charge in [0.25, 0.3) is 0 Å². The number of benzene rings is 2. The van der Waals surface area contributed by atoms with Crippen molar-refractivity contribution >= 4 is 17.6 Å². The van der Waals surface area contributed by atoms with Crippen LogP contribution in [-0.2, 0) is 11.3 Å². The van der Waals surface area contributed by atoms with Crippen LogP contribution in [0.3, 0.4) is 0 Å². The Morgan fingerprint density at radius 1 is 0.862 bits per heavy atom. The summed E-state index contributed by atoms with van der Waals surface area (Å²) in [6, 6.07) is 16.2. The molecule has 0 saturated carbocycles. The maximum absolute atomic E-state index is 14.0. The highest BCUT2D eigenvalue weighted by atomic mass is 19.1. The van der Waals surface area contributed by atoms with Crippen LogP contribution in [0.2, 0.25) is 0 Å². The molecule has 4 rings (SSSR count). The van der Waals surface area contributed by atoms with Gasteiger partial charge in [-0.15, -0.1) is 0 Å². The largest absolute Gasteiger partial charge is 0.339 e. The molecule has 0 radical (unpaired) electrons. The average Bonchev–Trinajstić information content (AvgIpc) is 3.10. The van der Waals surface area contributed by atoms with E-state index in [2.05, 4.69) is 17.0 Å². The van der Waals surface area contributed by atoms with E-state index in [0.29, 0.717) is 26.2 Å². The molecule has 152 valence electrons. The number of carbonyl (C=O) groups excluding carboxylic acids is 2. The van der Waals surface area contributed by atoms with Crippen LogP contribution in [-0.4, -0.2) is 72.5 Å². The van der Waals surface area contributed by atoms with Gasteiger partial charge in [-0.05, 0) is 17.7 Å². The molecule has 2 aliphatic heterocycles. The molecule has 0 aliphatic carbocycles. The predicted molar refractivity (Wildman–Crippen MR) is 109 cm³/mol. The standard InChI is InChI=1S/C22H25FN4O2/c23-19-8-4-5-9-20(19)27-15-14-26(22(27)29)17-21(28)25-12-10-24(11-13-25)16-18-6-2-1-3-7-18/h1-9H,10-17H2. The van der Waals surface area contributed by atoms with Crippen LogP contribution in [0, 0.1) is 5.82 Å². The number of para-hydroxylation sites is 1. The minimum Gasteiger partial charge on any atom is -0.339 e. The van der Waals surface area contributed by atoms with Crippen molar-refractivity contribution in [2.24, 2.45) is 0 Å². The van der Waals surface area contributed by atoms with Crippen LogP contribution in [0.25, 0.3) is 0 Å². The summed E-state index contributed by atoms with van der Waals surface area (Å²) in [6.45, 7) is 4.68. The van der Waals surface area contributed by atoms with Crippen molar-refractivity contribution < 1.29 is 14.0 Å². The Balaban J connectivity index is 1.28. The Kier molecular flexibility index (Phi) is 5.76. The summed E-state index contributed by atoms with van der Waals surface area (Å²) in [6.07, 6.45) is 0. The summed E-state index contributed by atoms with van der Waals surface area (Å²) in [5.74, 6) is -0.475. The first-order chi connectivity index (χ1) is 14.1. The number of carbonyl (C=O) groups is 2. The molecule has 0 unspecified atom stereocenters. The molecule has 7 heteroatoms. The molecule has 2 aromatic carbocycles. The lowest BCUT2D eigenvalue weighted by Gasteiger charge is -2.35. The fraction of sp³-hybridized carbons (Fsp3) is 0.364. The number of piperazine rings is 1. The fourth-order valence-electron chi connectivity index (χ4n) is 3.88. The summed E-state index contributed by atoms with van der Waals surface area (Å²) < 4.78 is 14.0. The van der Waals surface area contributed by atoms with Gasteiger partial charge >= 0.3 is 6.03 Å². The fourth-order valence-corrected chi connectivity index (χ4v) is 3.88. The Hall–Kier alpha value is -2.93. The summed E-state index contributed by atoms with van der Waals surface area (Å²) in [4.78, 5) is 32.4. The zero-order chi connectivity index (χ0) is 20.2. The summed E-state index contributed by atoms with van der Waals surface area (Å²) in [5.41, 5.74) is 1.53. The van der Waals surface area contributed by atoms with Crippen molar-refractivity contribution in [2.75, 3.05) is 50.7 Å². The number of rotatable bonds is 5. The zero-order valence-electron chi connectivity index (χ0n) is 16.3. The SMILES string of the molecule is O=C(CN1CCN(c2ccccc2F)C1=O)N1CCN(Cc2ccccc2)CC1. The first kappa shape index (κ1) is 19.4. The minimum atomic E-state index is -0.427. The topological polar surface area (TPSA) is 47.1 Å². The van der Waals surface area contributed by atoms with Gasteiger partial charge in [0.15, 0.2) is 0 Å². The molecular weight excluding hydrogens is 371 g/mol. The van der Waals surface area contributed by atoms with E-state index in [1.54, 1.807) is 18.2 Å². The van der Waals surface area contributed by atoms with Crippen LogP contribution in [0.4, 0.5) is 14.9 Å². The first-order valence-corrected chi connectivity index (χ1v) is 9.97. The smallest absolute Gasteiger partial charge is 0.325 e. The van der Waals surface area contributed by atoms with Crippen molar-refractivity contribution in [1.29, 1.82) is 0 Å². The summed E-state index contributed by atoms with van der Waals surface area (Å²) >= 11 is 0. The molecular formula is C22H25FN4O2. The van der Waals surface area contributed by atoms with Crippen molar-refractivity contribution in [3.8, 4) is 0 Å². The molecule has 3 amide bonds. The molecule has 0 aromatic heterocycles. The molecule has 2 heterocycles. The number of nitrogens with zero attached hydrogens (tertiary/aromatic N) is 4. The molecule has 2 aromatic rings. The average molecular weight is 396 g/mol. The van der Waals surface area contributed by atoms with Gasteiger partial charge in [0.2, 0.25) is 5.91 Å². The second kappa shape index (κ2) is 8.61. The van der Waals surface area contributed by atoms with E-state index in [0.717, 1.165) is 19.6 Å². The highest BCUT2D eigenvalue weighted by molar-refractivity contribution is 5.96. The van der Waals surface area contributed by atoms with E-state index in [1.165, 1.54) is 21.4 Å². The quantitative estimate of drug-likeness (QED) is 0.780. The van der Waals surface area contributed by atoms with Gasteiger partial charge in [0, 0.05) is 45.8 Å². The Bertz CT molecular complexity index is 868. The third kappa shape index (κ3) is 4.40. The van der Waals surface area contributed by atoms with Gasteiger partial charge in [-0.25, -0.2) is 9.18 Å². The lowest BCUT2D eigenvalue weighted by Crippen LogP contribution is -2.51. The van der Waals surface area contributed by atoms with Crippen molar-refractivity contribution in [3.05, 3.63) is 66.0 Å². The number of halogens is 1. The van der Waals surface area contributed by atoms with Crippen molar-refractivity contribution in [3.63, 3.8) is 0 Å². The molecule has 2 fully saturated rings. The number of amides is 3. The second-order valence-electron chi connectivity index (χ2n) is 7.45. The Morgan fingerprint density at radius 3 is 2.28 bits per heavy atom. The van der Waals surface area contributed by atoms with Crippen LogP contribution in [0.5, 0.6) is 0 Å². The molecule has 2 aliphatic rings. The van der Waals surface area contributed by atoms with Gasteiger partial charge < -0.3 is 9.80 Å².